The summed E-state index contributed by atoms with van der Waals surface area (Å²) in [5, 5.41) is 6.38. The zero-order valence-electron chi connectivity index (χ0n) is 31.4. The maximum absolute atomic E-state index is 13.5. The summed E-state index contributed by atoms with van der Waals surface area (Å²) in [6.07, 6.45) is 19.6. The third-order valence-electron chi connectivity index (χ3n) is 11.6. The largest absolute Gasteiger partial charge is 2.00 e. The van der Waals surface area contributed by atoms with Crippen molar-refractivity contribution in [2.45, 2.75) is 57.0 Å². The molecule has 6 nitrogen and oxygen atoms in total. The van der Waals surface area contributed by atoms with E-state index >= 15 is 0 Å². The van der Waals surface area contributed by atoms with Gasteiger partial charge in [-0.25, -0.2) is 4.79 Å². The molecule has 5 atom stereocenters. The molecule has 2 heterocycles. The topological polar surface area (TPSA) is 67.9 Å². The van der Waals surface area contributed by atoms with Crippen LogP contribution >= 0.6 is 7.92 Å². The van der Waals surface area contributed by atoms with E-state index in [4.69, 9.17) is 9.47 Å². The van der Waals surface area contributed by atoms with Crippen molar-refractivity contribution >= 4 is 36.2 Å². The molecule has 1 N–H and O–H groups in total. The molecule has 0 unspecified atom stereocenters. The van der Waals surface area contributed by atoms with Crippen LogP contribution in [0.25, 0.3) is 0 Å². The second-order valence-corrected chi connectivity index (χ2v) is 16.4. The molecule has 54 heavy (non-hydrogen) atoms. The van der Waals surface area contributed by atoms with Gasteiger partial charge in [-0.05, 0) is 120 Å². The molecule has 0 bridgehead atoms. The molecule has 3 fully saturated rings. The van der Waals surface area contributed by atoms with Gasteiger partial charge in [-0.1, -0.05) is 85.8 Å². The van der Waals surface area contributed by atoms with E-state index in [2.05, 4.69) is 128 Å². The van der Waals surface area contributed by atoms with E-state index in [1.54, 1.807) is 0 Å². The number of ether oxygens (including phenoxy) is 2. The fraction of sp³-hybridized carbons (Fsp3) is 0.304. The van der Waals surface area contributed by atoms with Crippen molar-refractivity contribution in [3.8, 4) is 0 Å². The first-order valence-corrected chi connectivity index (χ1v) is 20.1. The smallest absolute Gasteiger partial charge is 0.469 e. The van der Waals surface area contributed by atoms with Gasteiger partial charge in [0.05, 0.1) is 31.1 Å². The fourth-order valence-corrected chi connectivity index (χ4v) is 11.8. The Morgan fingerprint density at radius 3 is 2.06 bits per heavy atom. The second-order valence-electron chi connectivity index (χ2n) is 14.3. The van der Waals surface area contributed by atoms with Crippen LogP contribution in [0.4, 0.5) is 5.69 Å². The number of esters is 2. The average Bonchev–Trinajstić information content (AvgIpc) is 4.05. The van der Waals surface area contributed by atoms with Crippen molar-refractivity contribution in [2.24, 2.45) is 11.8 Å². The Balaban J connectivity index is 0.000000767. The van der Waals surface area contributed by atoms with Crippen LogP contribution in [0.3, 0.4) is 0 Å². The Bertz CT molecular complexity index is 1700. The third kappa shape index (κ3) is 7.73. The zero-order chi connectivity index (χ0) is 37.0. The summed E-state index contributed by atoms with van der Waals surface area (Å²) in [5.41, 5.74) is 4.93. The standard InChI is InChI=1S/C41H44N2O4P.C5H5.Fe/c1-5-28(39(44)46-3)25-29-26-33(40(45)47-4)37-41(34-20-12-13-21-35(34)42-37)23-24-43(38(29)41)27(2)32-19-14-22-36(32)48(30-15-8-6-9-16-30)31-17-10-7-11-18-31;1-2-4-5-3-1;/h6-22,27-29,38,42H,5,23-26H2,1-4H3;1-5H;/q;;+2/t27-,28+,29-,38+,41+;;/m0../s1. The number of benzene rings is 3. The number of carbonyl (C=O) groups excluding carboxylic acids is 2. The minimum Gasteiger partial charge on any atom is -0.469 e. The first-order valence-electron chi connectivity index (χ1n) is 18.8. The fourth-order valence-electron chi connectivity index (χ4n) is 9.28. The van der Waals surface area contributed by atoms with E-state index in [0.717, 1.165) is 24.4 Å². The Kier molecular flexibility index (Phi) is 13.8. The van der Waals surface area contributed by atoms with Crippen LogP contribution in [-0.4, -0.2) is 49.7 Å². The Morgan fingerprint density at radius 2 is 1.46 bits per heavy atom. The molecule has 8 heteroatoms. The van der Waals surface area contributed by atoms with E-state index in [1.165, 1.54) is 42.0 Å². The van der Waals surface area contributed by atoms with Crippen molar-refractivity contribution in [1.29, 1.82) is 0 Å². The molecule has 3 aliphatic carbocycles. The zero-order valence-corrected chi connectivity index (χ0v) is 33.4. The molecule has 1 spiro atoms. The van der Waals surface area contributed by atoms with Gasteiger partial charge in [0.1, 0.15) is 0 Å². The summed E-state index contributed by atoms with van der Waals surface area (Å²) in [4.78, 5) is 29.2. The van der Waals surface area contributed by atoms with Gasteiger partial charge >= 0.3 is 29.0 Å². The minimum atomic E-state index is -0.778. The average molecular weight is 781 g/mol. The van der Waals surface area contributed by atoms with Crippen LogP contribution in [0, 0.1) is 74.8 Å². The van der Waals surface area contributed by atoms with Gasteiger partial charge in [0.25, 0.3) is 0 Å². The van der Waals surface area contributed by atoms with E-state index in [-0.39, 0.29) is 52.9 Å². The molecule has 2 saturated carbocycles. The summed E-state index contributed by atoms with van der Waals surface area (Å²) in [6, 6.07) is 30.4. The maximum atomic E-state index is 13.5. The number of fused-ring (bicyclic) bond motifs is 1. The number of rotatable bonds is 10. The van der Waals surface area contributed by atoms with Gasteiger partial charge in [-0.2, -0.15) is 0 Å². The first-order chi connectivity index (χ1) is 25.9. The molecular formula is C46H49FeN2O4P+2. The van der Waals surface area contributed by atoms with Crippen molar-refractivity contribution < 1.29 is 36.1 Å². The monoisotopic (exact) mass is 780 g/mol. The Hall–Kier alpha value is -2.95. The van der Waals surface area contributed by atoms with Crippen LogP contribution in [0.2, 0.25) is 0 Å². The summed E-state index contributed by atoms with van der Waals surface area (Å²) >= 11 is 0. The number of nitrogens with one attached hydrogen (secondary N) is 1. The summed E-state index contributed by atoms with van der Waals surface area (Å²) in [7, 11) is 2.16. The molecule has 278 valence electrons. The molecule has 0 aromatic heterocycles. The maximum Gasteiger partial charge on any atom is 2.00 e. The van der Waals surface area contributed by atoms with Crippen molar-refractivity contribution in [1.82, 2.24) is 4.90 Å². The number of hydrogen-bond donors (Lipinski definition) is 1. The van der Waals surface area contributed by atoms with Gasteiger partial charge in [0.15, 0.2) is 0 Å². The molecule has 3 aromatic carbocycles. The molecule has 1 saturated heterocycles. The third-order valence-corrected chi connectivity index (χ3v) is 14.1. The van der Waals surface area contributed by atoms with Crippen molar-refractivity contribution in [2.75, 3.05) is 26.1 Å². The molecule has 3 aromatic rings. The normalized spacial score (nSPS) is 24.7. The number of methoxy groups -OCH3 is 2. The van der Waals surface area contributed by atoms with Crippen molar-refractivity contribution in [3.63, 3.8) is 0 Å². The van der Waals surface area contributed by atoms with Gasteiger partial charge in [-0.15, -0.1) is 0 Å². The summed E-state index contributed by atoms with van der Waals surface area (Å²) in [5.74, 6) is 0.651. The number of carbonyl (C=O) groups is 2. The number of likely N-dealkylation sites (tertiary alicyclic amines) is 1. The SMILES string of the molecule is CC[C@H](C[C@H]1CC(C(=O)OC)=C2Nc3ccccc3[C@]23CCN([C@@H](C)[C]2[CH][CH][CH][C]2P(c2ccccc2)c2ccccc2)[C@H]13)C(=O)OC.[CH]1[CH][CH][CH][CH]1.[Fe+2]. The van der Waals surface area contributed by atoms with E-state index < -0.39 is 13.3 Å². The minimum absolute atomic E-state index is 0. The molecule has 8 rings (SSSR count). The van der Waals surface area contributed by atoms with E-state index in [9.17, 15) is 9.59 Å². The van der Waals surface area contributed by atoms with Crippen LogP contribution in [0.15, 0.2) is 96.2 Å². The summed E-state index contributed by atoms with van der Waals surface area (Å²) < 4.78 is 10.7. The molecular weight excluding hydrogens is 731 g/mol. The molecule has 2 aliphatic heterocycles. The predicted octanol–water partition coefficient (Wildman–Crippen LogP) is 7.73. The molecule has 0 amide bonds. The summed E-state index contributed by atoms with van der Waals surface area (Å²) in [6.45, 7) is 5.27. The number of para-hydroxylation sites is 1. The van der Waals surface area contributed by atoms with E-state index in [0.29, 0.717) is 24.8 Å². The molecule has 10 radical (unpaired) electrons. The molecule has 5 aliphatic rings. The number of anilines is 1. The van der Waals surface area contributed by atoms with Gasteiger partial charge < -0.3 is 14.8 Å². The quantitative estimate of drug-likeness (QED) is 0.129. The van der Waals surface area contributed by atoms with Crippen LogP contribution in [-0.2, 0) is 41.5 Å². The Labute approximate surface area is 335 Å². The van der Waals surface area contributed by atoms with Crippen molar-refractivity contribution in [3.05, 3.63) is 165 Å². The van der Waals surface area contributed by atoms with Gasteiger partial charge in [-0.3, -0.25) is 9.69 Å². The van der Waals surface area contributed by atoms with Gasteiger partial charge in [0, 0.05) is 41.6 Å². The second kappa shape index (κ2) is 18.3. The number of nitrogens with zero attached hydrogens (tertiary/aromatic N) is 1. The van der Waals surface area contributed by atoms with Crippen LogP contribution < -0.4 is 15.9 Å². The van der Waals surface area contributed by atoms with Gasteiger partial charge in [0.2, 0.25) is 0 Å². The van der Waals surface area contributed by atoms with E-state index in [1.807, 2.05) is 32.1 Å². The van der Waals surface area contributed by atoms with Crippen LogP contribution in [0.5, 0.6) is 0 Å². The predicted molar refractivity (Wildman–Crippen MR) is 214 cm³/mol. The number of hydrogen-bond acceptors (Lipinski definition) is 6. The first kappa shape index (κ1) is 40.7. The van der Waals surface area contributed by atoms with Crippen LogP contribution in [0.1, 0.15) is 45.1 Å². The Morgan fingerprint density at radius 1 is 0.852 bits per heavy atom.